The molecule has 0 radical (unpaired) electrons. The van der Waals surface area contributed by atoms with E-state index in [-0.39, 0.29) is 11.8 Å². The molecule has 1 rings (SSSR count). The van der Waals surface area contributed by atoms with Gasteiger partial charge in [-0.05, 0) is 32.3 Å². The second kappa shape index (κ2) is 8.84. The maximum Gasteiger partial charge on any atom is 0.192 e. The normalized spacial score (nSPS) is 13.9. The Kier molecular flexibility index (Phi) is 7.08. The van der Waals surface area contributed by atoms with Crippen LogP contribution in [0.25, 0.3) is 0 Å². The van der Waals surface area contributed by atoms with Crippen LogP contribution in [0.3, 0.4) is 0 Å². The van der Waals surface area contributed by atoms with E-state index in [4.69, 9.17) is 11.5 Å². The van der Waals surface area contributed by atoms with Gasteiger partial charge in [0.1, 0.15) is 5.84 Å². The van der Waals surface area contributed by atoms with Crippen LogP contribution in [0.4, 0.5) is 4.39 Å². The fourth-order valence-corrected chi connectivity index (χ4v) is 1.71. The molecule has 0 aliphatic rings. The molecule has 1 aromatic carbocycles. The number of aryl methyl sites for hydroxylation is 1. The van der Waals surface area contributed by atoms with E-state index in [0.717, 1.165) is 12.8 Å². The second-order valence-corrected chi connectivity index (χ2v) is 4.64. The lowest BCUT2D eigenvalue weighted by molar-refractivity contribution is 0.452. The van der Waals surface area contributed by atoms with Crippen molar-refractivity contribution < 1.29 is 4.39 Å². The quantitative estimate of drug-likeness (QED) is 0.494. The molecule has 1 atom stereocenters. The van der Waals surface area contributed by atoms with Gasteiger partial charge in [0.15, 0.2) is 18.0 Å². The fourth-order valence-electron chi connectivity index (χ4n) is 1.71. The molecule has 4 N–H and O–H groups in total. The van der Waals surface area contributed by atoms with Crippen LogP contribution in [0.2, 0.25) is 0 Å². The Morgan fingerprint density at radius 1 is 1.19 bits per heavy atom. The van der Waals surface area contributed by atoms with Gasteiger partial charge in [0, 0.05) is 6.54 Å². The van der Waals surface area contributed by atoms with E-state index in [9.17, 15) is 4.39 Å². The molecule has 114 valence electrons. The summed E-state index contributed by atoms with van der Waals surface area (Å²) in [5.41, 5.74) is 11.7. The number of nitrogens with zero attached hydrogens (tertiary/aromatic N) is 3. The smallest absolute Gasteiger partial charge is 0.192 e. The number of alkyl halides is 1. The Bertz CT molecular complexity index is 516. The summed E-state index contributed by atoms with van der Waals surface area (Å²) >= 11 is 0. The zero-order chi connectivity index (χ0) is 15.7. The number of guanidine groups is 1. The van der Waals surface area contributed by atoms with Crippen molar-refractivity contribution in [2.75, 3.05) is 6.54 Å². The Morgan fingerprint density at radius 2 is 1.86 bits per heavy atom. The van der Waals surface area contributed by atoms with Crippen LogP contribution in [0.15, 0.2) is 45.3 Å². The average Bonchev–Trinajstić information content (AvgIpc) is 2.43. The summed E-state index contributed by atoms with van der Waals surface area (Å²) in [6.45, 7) is 3.65. The van der Waals surface area contributed by atoms with E-state index in [1.54, 1.807) is 6.92 Å². The van der Waals surface area contributed by atoms with Gasteiger partial charge >= 0.3 is 0 Å². The third-order valence-electron chi connectivity index (χ3n) is 2.68. The lowest BCUT2D eigenvalue weighted by Crippen LogP contribution is -2.26. The zero-order valence-electron chi connectivity index (χ0n) is 12.5. The summed E-state index contributed by atoms with van der Waals surface area (Å²) in [5.74, 6) is 0.196. The highest BCUT2D eigenvalue weighted by atomic mass is 19.1. The van der Waals surface area contributed by atoms with E-state index < -0.39 is 6.17 Å². The second-order valence-electron chi connectivity index (χ2n) is 4.64. The predicted molar refractivity (Wildman–Crippen MR) is 86.6 cm³/mol. The summed E-state index contributed by atoms with van der Waals surface area (Å²) in [6.07, 6.45) is 0.503. The van der Waals surface area contributed by atoms with Crippen molar-refractivity contribution in [1.29, 1.82) is 0 Å². The monoisotopic (exact) mass is 291 g/mol. The van der Waals surface area contributed by atoms with Gasteiger partial charge in [-0.25, -0.2) is 9.38 Å². The van der Waals surface area contributed by atoms with Crippen LogP contribution < -0.4 is 11.5 Å². The first kappa shape index (κ1) is 16.8. The molecule has 0 amide bonds. The van der Waals surface area contributed by atoms with Gasteiger partial charge in [-0.15, -0.1) is 0 Å². The van der Waals surface area contributed by atoms with Crippen molar-refractivity contribution in [3.05, 3.63) is 35.9 Å². The molecule has 1 unspecified atom stereocenters. The topological polar surface area (TPSA) is 89.1 Å². The van der Waals surface area contributed by atoms with E-state index in [1.807, 2.05) is 18.2 Å². The van der Waals surface area contributed by atoms with E-state index in [1.165, 1.54) is 12.5 Å². The average molecular weight is 291 g/mol. The molecule has 0 heterocycles. The van der Waals surface area contributed by atoms with Gasteiger partial charge < -0.3 is 11.5 Å². The standard InChI is InChI=1S/C15H22FN5/c1-11(16)14(21-15(17)18)20-12(2)19-10-6-9-13-7-4-3-5-8-13/h3-5,7-8,11H,6,9-10H2,1-2H3,(H4,17,18,19,20,21). The Morgan fingerprint density at radius 3 is 2.43 bits per heavy atom. The number of hydrogen-bond acceptors (Lipinski definition) is 1. The number of nitrogens with two attached hydrogens (primary N) is 2. The molecule has 21 heavy (non-hydrogen) atoms. The summed E-state index contributed by atoms with van der Waals surface area (Å²) in [7, 11) is 0. The lowest BCUT2D eigenvalue weighted by Gasteiger charge is -2.03. The molecule has 0 spiro atoms. The van der Waals surface area contributed by atoms with Crippen LogP contribution >= 0.6 is 0 Å². The van der Waals surface area contributed by atoms with Crippen molar-refractivity contribution in [3.63, 3.8) is 0 Å². The Hall–Kier alpha value is -2.24. The first-order valence-electron chi connectivity index (χ1n) is 6.86. The first-order chi connectivity index (χ1) is 9.99. The third-order valence-corrected chi connectivity index (χ3v) is 2.68. The van der Waals surface area contributed by atoms with Gasteiger partial charge in [0.2, 0.25) is 0 Å². The minimum absolute atomic E-state index is 0.0562. The molecule has 5 nitrogen and oxygen atoms in total. The number of aliphatic imine (C=N–C) groups is 3. The molecule has 0 fully saturated rings. The highest BCUT2D eigenvalue weighted by Gasteiger charge is 2.08. The van der Waals surface area contributed by atoms with Crippen molar-refractivity contribution in [2.45, 2.75) is 32.9 Å². The first-order valence-corrected chi connectivity index (χ1v) is 6.86. The van der Waals surface area contributed by atoms with Crippen LogP contribution in [0.1, 0.15) is 25.8 Å². The third kappa shape index (κ3) is 7.20. The number of rotatable bonds is 5. The van der Waals surface area contributed by atoms with Crippen molar-refractivity contribution in [3.8, 4) is 0 Å². The van der Waals surface area contributed by atoms with Gasteiger partial charge in [-0.1, -0.05) is 30.3 Å². The number of benzene rings is 1. The van der Waals surface area contributed by atoms with Crippen molar-refractivity contribution >= 4 is 17.6 Å². The van der Waals surface area contributed by atoms with Gasteiger partial charge in [-0.3, -0.25) is 4.99 Å². The van der Waals surface area contributed by atoms with Crippen molar-refractivity contribution in [1.82, 2.24) is 0 Å². The Labute approximate surface area is 124 Å². The molecule has 0 aliphatic heterocycles. The zero-order valence-corrected chi connectivity index (χ0v) is 12.5. The van der Waals surface area contributed by atoms with Crippen molar-refractivity contribution in [2.24, 2.45) is 26.4 Å². The summed E-state index contributed by atoms with van der Waals surface area (Å²) in [6, 6.07) is 10.2. The van der Waals surface area contributed by atoms with E-state index in [2.05, 4.69) is 27.1 Å². The largest absolute Gasteiger partial charge is 0.370 e. The van der Waals surface area contributed by atoms with Crippen LogP contribution in [-0.4, -0.2) is 30.3 Å². The summed E-state index contributed by atoms with van der Waals surface area (Å²) < 4.78 is 13.3. The summed E-state index contributed by atoms with van der Waals surface area (Å²) in [5, 5.41) is 0. The van der Waals surface area contributed by atoms with Gasteiger partial charge in [-0.2, -0.15) is 4.99 Å². The molecule has 0 aliphatic carbocycles. The number of amidine groups is 2. The highest BCUT2D eigenvalue weighted by Crippen LogP contribution is 2.03. The molecule has 1 aromatic rings. The van der Waals surface area contributed by atoms with E-state index >= 15 is 0 Å². The lowest BCUT2D eigenvalue weighted by atomic mass is 10.1. The Balaban J connectivity index is 2.53. The fraction of sp³-hybridized carbons (Fsp3) is 0.400. The summed E-state index contributed by atoms with van der Waals surface area (Å²) in [4.78, 5) is 11.9. The van der Waals surface area contributed by atoms with Gasteiger partial charge in [0.25, 0.3) is 0 Å². The number of hydrogen-bond donors (Lipinski definition) is 2. The maximum absolute atomic E-state index is 13.3. The van der Waals surface area contributed by atoms with Crippen LogP contribution in [0.5, 0.6) is 0 Å². The van der Waals surface area contributed by atoms with E-state index in [0.29, 0.717) is 12.4 Å². The highest BCUT2D eigenvalue weighted by molar-refractivity contribution is 6.03. The minimum Gasteiger partial charge on any atom is -0.370 e. The molecular formula is C15H22FN5. The number of halogens is 1. The van der Waals surface area contributed by atoms with Gasteiger partial charge in [0.05, 0.1) is 0 Å². The molecule has 0 aromatic heterocycles. The molecule has 0 saturated carbocycles. The molecule has 0 saturated heterocycles. The van der Waals surface area contributed by atoms with Crippen LogP contribution in [-0.2, 0) is 6.42 Å². The molecule has 0 bridgehead atoms. The maximum atomic E-state index is 13.3. The SMILES string of the molecule is CC(=NCCCc1ccccc1)N=C(N=C(N)N)C(C)F. The van der Waals surface area contributed by atoms with Crippen LogP contribution in [0, 0.1) is 0 Å². The predicted octanol–water partition coefficient (Wildman–Crippen LogP) is 2.07. The molecular weight excluding hydrogens is 269 g/mol. The minimum atomic E-state index is -1.35. The molecule has 6 heteroatoms.